The van der Waals surface area contributed by atoms with Gasteiger partial charge < -0.3 is 43.6 Å². The molecule has 0 bridgehead atoms. The summed E-state index contributed by atoms with van der Waals surface area (Å²) in [6.45, 7) is 2.14. The quantitative estimate of drug-likeness (QED) is 0.0827. The number of nitrogens with one attached hydrogen (secondary N) is 1. The van der Waals surface area contributed by atoms with Crippen molar-refractivity contribution in [3.8, 4) is 0 Å². The lowest BCUT2D eigenvalue weighted by molar-refractivity contribution is -0.139. The molecule has 1 aliphatic heterocycles. The highest BCUT2D eigenvalue weighted by molar-refractivity contribution is 8.93. The van der Waals surface area contributed by atoms with Crippen molar-refractivity contribution in [2.75, 3.05) is 39.4 Å². The summed E-state index contributed by atoms with van der Waals surface area (Å²) in [6, 6.07) is 7.45. The lowest BCUT2D eigenvalue weighted by atomic mass is 9.97. The molecule has 1 aliphatic rings. The van der Waals surface area contributed by atoms with Crippen LogP contribution in [0.2, 0.25) is 0 Å². The summed E-state index contributed by atoms with van der Waals surface area (Å²) in [7, 11) is -1.40. The molecule has 16 heteroatoms. The van der Waals surface area contributed by atoms with Crippen LogP contribution in [-0.2, 0) is 25.1 Å². The largest absolute Gasteiger partial charge is 0.378 e. The molecule has 0 aromatic heterocycles. The molecule has 4 atom stereocenters. The standard InChI is InChI=1S/C24H39N9O4S.2BrH/c25-20(15-17(16-31-24(28)29)22(35)33-10-12-37-13-11-33)21(34)32-18(5-4-9-30-23(26)27)8-14-38(36)19-6-2-1-3-7-19;;/h1-3,6-8,14,17-18,20H,4-5,9-13,15-16,25H2,(H,32,34)(H4,26,27,30)(H4,28,29,31);2*1H/b14-8+;;/t17?,18-,20-,38?;;/m0../s1. The second-order valence-corrected chi connectivity index (χ2v) is 10.1. The van der Waals surface area contributed by atoms with Crippen molar-refractivity contribution in [2.24, 2.45) is 44.6 Å². The summed E-state index contributed by atoms with van der Waals surface area (Å²) in [5, 5.41) is 4.40. The number of ether oxygens (including phenoxy) is 1. The first kappa shape index (κ1) is 37.5. The number of hydrogen-bond donors (Lipinski definition) is 6. The minimum atomic E-state index is -1.40. The van der Waals surface area contributed by atoms with Gasteiger partial charge in [0.05, 0.1) is 42.5 Å². The van der Waals surface area contributed by atoms with Crippen LogP contribution in [0, 0.1) is 5.92 Å². The third kappa shape index (κ3) is 14.2. The minimum absolute atomic E-state index is 0. The first-order chi connectivity index (χ1) is 18.2. The van der Waals surface area contributed by atoms with Gasteiger partial charge in [-0.25, -0.2) is 4.21 Å². The Morgan fingerprint density at radius 3 is 2.27 bits per heavy atom. The molecule has 0 radical (unpaired) electrons. The molecule has 40 heavy (non-hydrogen) atoms. The number of nitrogens with zero attached hydrogens (tertiary/aromatic N) is 3. The Balaban J connectivity index is 0.00000760. The van der Waals surface area contributed by atoms with Crippen molar-refractivity contribution < 1.29 is 18.5 Å². The van der Waals surface area contributed by atoms with Crippen molar-refractivity contribution in [2.45, 2.75) is 36.2 Å². The van der Waals surface area contributed by atoms with Crippen molar-refractivity contribution >= 4 is 68.5 Å². The van der Waals surface area contributed by atoms with E-state index in [9.17, 15) is 13.8 Å². The first-order valence-corrected chi connectivity index (χ1v) is 13.6. The predicted octanol–water partition coefficient (Wildman–Crippen LogP) is -0.532. The van der Waals surface area contributed by atoms with Gasteiger partial charge >= 0.3 is 0 Å². The molecule has 13 nitrogen and oxygen atoms in total. The van der Waals surface area contributed by atoms with Crippen LogP contribution in [0.1, 0.15) is 19.3 Å². The van der Waals surface area contributed by atoms with E-state index >= 15 is 0 Å². The highest BCUT2D eigenvalue weighted by atomic mass is 79.9. The van der Waals surface area contributed by atoms with Crippen molar-refractivity contribution in [3.05, 3.63) is 41.8 Å². The van der Waals surface area contributed by atoms with Gasteiger partial charge in [0.1, 0.15) is 0 Å². The molecular weight excluding hydrogens is 670 g/mol. The number of guanidine groups is 2. The van der Waals surface area contributed by atoms with E-state index in [-0.39, 0.29) is 64.8 Å². The number of amides is 2. The number of halogens is 2. The first-order valence-electron chi connectivity index (χ1n) is 12.3. The SMILES string of the molecule is Br.Br.NC(N)=NCCC[C@@H](/C=C/S(=O)c1ccccc1)NC(=O)[C@@H](N)CC(CN=C(N)N)C(=O)N1CCOCC1. The molecule has 0 aliphatic carbocycles. The predicted molar refractivity (Wildman–Crippen MR) is 169 cm³/mol. The third-order valence-corrected chi connectivity index (χ3v) is 6.89. The molecule has 1 aromatic carbocycles. The van der Waals surface area contributed by atoms with E-state index in [4.69, 9.17) is 33.4 Å². The van der Waals surface area contributed by atoms with Crippen molar-refractivity contribution in [1.82, 2.24) is 10.2 Å². The molecule has 2 rings (SSSR count). The highest BCUT2D eigenvalue weighted by Crippen LogP contribution is 2.14. The molecular formula is C24H41Br2N9O4S. The van der Waals surface area contributed by atoms with E-state index in [0.29, 0.717) is 50.6 Å². The van der Waals surface area contributed by atoms with Gasteiger partial charge in [-0.2, -0.15) is 0 Å². The number of carbonyl (C=O) groups is 2. The van der Waals surface area contributed by atoms with E-state index < -0.39 is 34.7 Å². The van der Waals surface area contributed by atoms with Gasteiger partial charge in [-0.1, -0.05) is 24.3 Å². The fourth-order valence-corrected chi connectivity index (χ4v) is 4.66. The Hall–Kier alpha value is -2.53. The zero-order chi connectivity index (χ0) is 27.9. The molecule has 0 saturated carbocycles. The molecule has 2 unspecified atom stereocenters. The Morgan fingerprint density at radius 1 is 1.05 bits per heavy atom. The monoisotopic (exact) mass is 709 g/mol. The van der Waals surface area contributed by atoms with E-state index in [0.717, 1.165) is 0 Å². The number of carbonyl (C=O) groups excluding carboxylic acids is 2. The Morgan fingerprint density at radius 2 is 1.68 bits per heavy atom. The number of morpholine rings is 1. The Labute approximate surface area is 258 Å². The molecule has 1 heterocycles. The second-order valence-electron chi connectivity index (χ2n) is 8.75. The average molecular weight is 712 g/mol. The zero-order valence-electron chi connectivity index (χ0n) is 22.2. The maximum absolute atomic E-state index is 13.1. The van der Waals surface area contributed by atoms with Gasteiger partial charge in [-0.05, 0) is 31.4 Å². The van der Waals surface area contributed by atoms with E-state index in [1.807, 2.05) is 6.07 Å². The van der Waals surface area contributed by atoms with E-state index in [1.54, 1.807) is 35.2 Å². The number of aliphatic imine (C=N–C) groups is 2. The summed E-state index contributed by atoms with van der Waals surface area (Å²) in [6.07, 6.45) is 2.74. The maximum Gasteiger partial charge on any atom is 0.237 e. The third-order valence-electron chi connectivity index (χ3n) is 5.75. The number of benzene rings is 1. The van der Waals surface area contributed by atoms with Crippen molar-refractivity contribution in [1.29, 1.82) is 0 Å². The number of rotatable bonds is 14. The van der Waals surface area contributed by atoms with Gasteiger partial charge in [0.2, 0.25) is 11.8 Å². The summed E-state index contributed by atoms with van der Waals surface area (Å²) in [5.74, 6) is -1.51. The van der Waals surface area contributed by atoms with Gasteiger partial charge in [-0.3, -0.25) is 19.6 Å². The van der Waals surface area contributed by atoms with Crippen molar-refractivity contribution in [3.63, 3.8) is 0 Å². The smallest absolute Gasteiger partial charge is 0.237 e. The van der Waals surface area contributed by atoms with Crippen LogP contribution in [0.4, 0.5) is 0 Å². The van der Waals surface area contributed by atoms with Crippen LogP contribution in [0.3, 0.4) is 0 Å². The number of nitrogens with two attached hydrogens (primary N) is 5. The maximum atomic E-state index is 13.1. The Bertz CT molecular complexity index is 1020. The second kappa shape index (κ2) is 20.4. The molecule has 1 aromatic rings. The molecule has 0 spiro atoms. The minimum Gasteiger partial charge on any atom is -0.378 e. The molecule has 226 valence electrons. The van der Waals surface area contributed by atoms with Gasteiger partial charge in [0.25, 0.3) is 0 Å². The zero-order valence-corrected chi connectivity index (χ0v) is 26.5. The van der Waals surface area contributed by atoms with Crippen LogP contribution in [0.15, 0.2) is 56.7 Å². The lowest BCUT2D eigenvalue weighted by Gasteiger charge is -2.31. The fraction of sp³-hybridized carbons (Fsp3) is 0.500. The summed E-state index contributed by atoms with van der Waals surface area (Å²) >= 11 is 0. The van der Waals surface area contributed by atoms with Crippen LogP contribution in [0.5, 0.6) is 0 Å². The topological polar surface area (TPSA) is 231 Å². The van der Waals surface area contributed by atoms with Crippen LogP contribution in [-0.4, -0.2) is 84.3 Å². The Kier molecular flexibility index (Phi) is 19.1. The van der Waals surface area contributed by atoms with Crippen LogP contribution < -0.4 is 34.0 Å². The fourth-order valence-electron chi connectivity index (χ4n) is 3.75. The molecule has 2 amide bonds. The lowest BCUT2D eigenvalue weighted by Crippen LogP contribution is -2.49. The van der Waals surface area contributed by atoms with E-state index in [1.165, 1.54) is 5.41 Å². The van der Waals surface area contributed by atoms with Gasteiger partial charge in [-0.15, -0.1) is 34.0 Å². The van der Waals surface area contributed by atoms with Crippen LogP contribution >= 0.6 is 34.0 Å². The van der Waals surface area contributed by atoms with Crippen LogP contribution in [0.25, 0.3) is 0 Å². The number of hydrogen-bond acceptors (Lipinski definition) is 7. The summed E-state index contributed by atoms with van der Waals surface area (Å²) in [4.78, 5) is 36.4. The normalized spacial score (nSPS) is 15.9. The molecule has 1 saturated heterocycles. The molecule has 11 N–H and O–H groups in total. The molecule has 1 fully saturated rings. The van der Waals surface area contributed by atoms with E-state index in [2.05, 4.69) is 15.3 Å². The van der Waals surface area contributed by atoms with Gasteiger partial charge in [0.15, 0.2) is 11.9 Å². The summed E-state index contributed by atoms with van der Waals surface area (Å²) in [5.41, 5.74) is 27.9. The van der Waals surface area contributed by atoms with Gasteiger partial charge in [0, 0.05) is 36.0 Å². The highest BCUT2D eigenvalue weighted by Gasteiger charge is 2.30. The average Bonchev–Trinajstić information content (AvgIpc) is 2.91. The summed E-state index contributed by atoms with van der Waals surface area (Å²) < 4.78 is 17.9.